The van der Waals surface area contributed by atoms with E-state index < -0.39 is 0 Å². The fourth-order valence-corrected chi connectivity index (χ4v) is 8.30. The monoisotopic (exact) mass is 793 g/mol. The van der Waals surface area contributed by atoms with Crippen molar-refractivity contribution in [2.45, 2.75) is 94.4 Å². The van der Waals surface area contributed by atoms with Gasteiger partial charge in [0.2, 0.25) is 0 Å². The maximum atomic E-state index is 5.60. The topological polar surface area (TPSA) is 13.1 Å². The predicted octanol–water partition coefficient (Wildman–Crippen LogP) is 15.9. The Morgan fingerprint density at radius 1 is 0.717 bits per heavy atom. The van der Waals surface area contributed by atoms with E-state index in [1.54, 1.807) is 0 Å². The van der Waals surface area contributed by atoms with Crippen LogP contribution in [-0.4, -0.2) is 0 Å². The van der Waals surface area contributed by atoms with Crippen LogP contribution in [0.1, 0.15) is 111 Å². The summed E-state index contributed by atoms with van der Waals surface area (Å²) in [6, 6.07) is 36.0. The van der Waals surface area contributed by atoms with Gasteiger partial charge in [0, 0.05) is 16.0 Å². The van der Waals surface area contributed by atoms with Crippen LogP contribution in [0.25, 0.3) is 52.0 Å². The largest absolute Gasteiger partial charge is 0.457 e. The molecule has 1 heteroatoms. The highest BCUT2D eigenvalue weighted by Gasteiger charge is 2.37. The fraction of sp³-hybridized carbons (Fsp3) is 0.254. The standard InChI is InChI=1S/C21H22.C17H24.C14H14O.C7H8/c1-7-15-14(4)12-19-20(16(15)8-2)17-10-9-13(3)11-18(17)21(19,5)6;1-6-10-16(13(3)4)15(7-2)17-12-9-8-11-14(17)5;1-4-11(5-2)14-10(3)15-13-9-7-6-8-12(13)14;1-7-5-3-2-4-6-7/h7-12H,1-2H2,3-6H3;7-13H,6H2,1-5H3;4,6-9H,1,3,5H2,2H3;2-6H,1H3/b;15-7+,16-10-;14-11-;. The van der Waals surface area contributed by atoms with Crippen molar-refractivity contribution < 1.29 is 4.42 Å². The highest BCUT2D eigenvalue weighted by Crippen LogP contribution is 2.51. The van der Waals surface area contributed by atoms with Gasteiger partial charge in [-0.2, -0.15) is 0 Å². The summed E-state index contributed by atoms with van der Waals surface area (Å²) in [4.78, 5) is 0. The molecule has 0 N–H and O–H groups in total. The summed E-state index contributed by atoms with van der Waals surface area (Å²) in [6.07, 6.45) is 12.4. The van der Waals surface area contributed by atoms with Crippen LogP contribution < -0.4 is 10.6 Å². The smallest absolute Gasteiger partial charge is 0.135 e. The van der Waals surface area contributed by atoms with Crippen LogP contribution in [0, 0.1) is 33.6 Å². The molecule has 0 saturated carbocycles. The summed E-state index contributed by atoms with van der Waals surface area (Å²) < 4.78 is 5.60. The first-order valence-electron chi connectivity index (χ1n) is 21.5. The van der Waals surface area contributed by atoms with Gasteiger partial charge in [-0.3, -0.25) is 0 Å². The third kappa shape index (κ3) is 10.4. The third-order valence-corrected chi connectivity index (χ3v) is 11.5. The lowest BCUT2D eigenvalue weighted by Gasteiger charge is -2.23. The van der Waals surface area contributed by atoms with E-state index in [0.717, 1.165) is 34.4 Å². The van der Waals surface area contributed by atoms with E-state index in [2.05, 4.69) is 181 Å². The van der Waals surface area contributed by atoms with Gasteiger partial charge in [0.15, 0.2) is 0 Å². The molecule has 1 aromatic heterocycles. The van der Waals surface area contributed by atoms with Crippen molar-refractivity contribution in [3.05, 3.63) is 207 Å². The predicted molar refractivity (Wildman–Crippen MR) is 268 cm³/mol. The van der Waals surface area contributed by atoms with Crippen LogP contribution >= 0.6 is 0 Å². The lowest BCUT2D eigenvalue weighted by atomic mass is 9.80. The maximum Gasteiger partial charge on any atom is 0.135 e. The number of hydrogen-bond donors (Lipinski definition) is 0. The number of hydrogen-bond acceptors (Lipinski definition) is 1. The molecule has 60 heavy (non-hydrogen) atoms. The van der Waals surface area contributed by atoms with Crippen molar-refractivity contribution in [2.24, 2.45) is 5.92 Å². The second kappa shape index (κ2) is 21.4. The van der Waals surface area contributed by atoms with Crippen LogP contribution in [0.4, 0.5) is 0 Å². The zero-order valence-electron chi connectivity index (χ0n) is 38.4. The minimum atomic E-state index is 0.0406. The third-order valence-electron chi connectivity index (χ3n) is 11.5. The first kappa shape index (κ1) is 46.8. The normalized spacial score (nSPS) is 13.1. The quantitative estimate of drug-likeness (QED) is 0.140. The molecule has 1 nitrogen and oxygen atoms in total. The highest BCUT2D eigenvalue weighted by molar-refractivity contribution is 5.91. The van der Waals surface area contributed by atoms with Crippen molar-refractivity contribution in [1.82, 2.24) is 0 Å². The van der Waals surface area contributed by atoms with E-state index in [0.29, 0.717) is 5.92 Å². The van der Waals surface area contributed by atoms with Gasteiger partial charge >= 0.3 is 0 Å². The number of aryl methyl sites for hydroxylation is 4. The van der Waals surface area contributed by atoms with Gasteiger partial charge < -0.3 is 4.42 Å². The average Bonchev–Trinajstić information content (AvgIpc) is 3.68. The van der Waals surface area contributed by atoms with Gasteiger partial charge in [-0.25, -0.2) is 0 Å². The summed E-state index contributed by atoms with van der Waals surface area (Å²) in [5.74, 6) is 0.570. The molecule has 0 unspecified atom stereocenters. The molecule has 1 heterocycles. The van der Waals surface area contributed by atoms with Crippen molar-refractivity contribution >= 4 is 40.8 Å². The summed E-state index contributed by atoms with van der Waals surface area (Å²) >= 11 is 0. The van der Waals surface area contributed by atoms with Crippen molar-refractivity contribution in [3.63, 3.8) is 0 Å². The lowest BCUT2D eigenvalue weighted by molar-refractivity contribution is 0.577. The van der Waals surface area contributed by atoms with Crippen molar-refractivity contribution in [2.75, 3.05) is 0 Å². The summed E-state index contributed by atoms with van der Waals surface area (Å²) in [6.45, 7) is 40.0. The first-order valence-corrected chi connectivity index (χ1v) is 21.5. The molecule has 7 rings (SSSR count). The molecule has 1 aliphatic rings. The molecule has 310 valence electrons. The van der Waals surface area contributed by atoms with E-state index in [1.165, 1.54) is 77.9 Å². The molecule has 0 amide bonds. The van der Waals surface area contributed by atoms with Crippen LogP contribution in [0.5, 0.6) is 0 Å². The van der Waals surface area contributed by atoms with Crippen molar-refractivity contribution in [3.8, 4) is 11.1 Å². The van der Waals surface area contributed by atoms with Gasteiger partial charge in [0.05, 0.1) is 0 Å². The Kier molecular flexibility index (Phi) is 16.7. The van der Waals surface area contributed by atoms with E-state index in [-0.39, 0.29) is 5.41 Å². The second-order valence-electron chi connectivity index (χ2n) is 16.4. The van der Waals surface area contributed by atoms with E-state index >= 15 is 0 Å². The Labute approximate surface area is 362 Å². The summed E-state index contributed by atoms with van der Waals surface area (Å²) in [5.41, 5.74) is 20.3. The Morgan fingerprint density at radius 3 is 1.90 bits per heavy atom. The molecule has 0 bridgehead atoms. The number of furan rings is 1. The molecule has 0 saturated heterocycles. The number of allylic oxidation sites excluding steroid dienone is 5. The zero-order chi connectivity index (χ0) is 44.1. The van der Waals surface area contributed by atoms with Crippen LogP contribution in [-0.2, 0) is 5.41 Å². The Bertz CT molecular complexity index is 2620. The number of benzene rings is 5. The lowest BCUT2D eigenvalue weighted by Crippen LogP contribution is -2.20. The molecular weight excluding hydrogens is 725 g/mol. The van der Waals surface area contributed by atoms with E-state index in [4.69, 9.17) is 4.42 Å². The molecule has 5 aromatic carbocycles. The molecule has 1 aliphatic carbocycles. The molecule has 0 radical (unpaired) electrons. The number of fused-ring (bicyclic) bond motifs is 4. The zero-order valence-corrected chi connectivity index (χ0v) is 38.4. The van der Waals surface area contributed by atoms with Gasteiger partial charge in [0.1, 0.15) is 11.0 Å². The summed E-state index contributed by atoms with van der Waals surface area (Å²) in [7, 11) is 0. The summed E-state index contributed by atoms with van der Waals surface area (Å²) in [5, 5.41) is 2.22. The molecule has 6 aromatic rings. The van der Waals surface area contributed by atoms with Gasteiger partial charge in [-0.15, -0.1) is 0 Å². The maximum absolute atomic E-state index is 5.60. The Balaban J connectivity index is 0.000000186. The molecule has 0 spiro atoms. The van der Waals surface area contributed by atoms with Gasteiger partial charge in [0.25, 0.3) is 0 Å². The Morgan fingerprint density at radius 2 is 1.35 bits per heavy atom. The fourth-order valence-electron chi connectivity index (χ4n) is 8.30. The molecule has 0 aliphatic heterocycles. The SMILES string of the molecule is C/C=C(\C(=C/CC)C(C)C)c1ccccc1C.C=C/C(CC)=c1\c(=C)oc2ccccc12.C=Cc1c(C)cc2c(c1C=C)-c1ccc(C)cc1C2(C)C.Cc1ccccc1. The molecule has 0 atom stereocenters. The Hall–Kier alpha value is -5.92. The highest BCUT2D eigenvalue weighted by atomic mass is 16.3. The van der Waals surface area contributed by atoms with Gasteiger partial charge in [-0.05, 0) is 126 Å². The first-order chi connectivity index (χ1) is 28.7. The molecule has 0 fully saturated rings. The number of rotatable bonds is 8. The van der Waals surface area contributed by atoms with Crippen LogP contribution in [0.2, 0.25) is 0 Å². The van der Waals surface area contributed by atoms with Gasteiger partial charge in [-0.1, -0.05) is 206 Å². The number of para-hydroxylation sites is 1. The van der Waals surface area contributed by atoms with E-state index in [1.807, 2.05) is 54.6 Å². The average molecular weight is 793 g/mol. The van der Waals surface area contributed by atoms with E-state index in [9.17, 15) is 0 Å². The van der Waals surface area contributed by atoms with Crippen molar-refractivity contribution in [1.29, 1.82) is 0 Å². The van der Waals surface area contributed by atoms with Crippen LogP contribution in [0.3, 0.4) is 0 Å². The minimum Gasteiger partial charge on any atom is -0.457 e. The minimum absolute atomic E-state index is 0.0406. The van der Waals surface area contributed by atoms with Crippen LogP contribution in [0.15, 0.2) is 151 Å². The molecular formula is C59H68O. The second-order valence-corrected chi connectivity index (χ2v) is 16.4.